The highest BCUT2D eigenvalue weighted by molar-refractivity contribution is 7.15. The molecule has 2 rings (SSSR count). The van der Waals surface area contributed by atoms with Crippen LogP contribution in [0.25, 0.3) is 0 Å². The molecule has 4 heteroatoms. The molecule has 0 radical (unpaired) electrons. The van der Waals surface area contributed by atoms with E-state index in [1.165, 1.54) is 11.3 Å². The third kappa shape index (κ3) is 0.803. The van der Waals surface area contributed by atoms with Gasteiger partial charge < -0.3 is 11.5 Å². The SMILES string of the molecule is Nc1ncc(C2(N)CC2)s1. The summed E-state index contributed by atoms with van der Waals surface area (Å²) in [5, 5.41) is 0.617. The van der Waals surface area contributed by atoms with Crippen molar-refractivity contribution in [3.8, 4) is 0 Å². The first-order chi connectivity index (χ1) is 4.71. The number of aromatic nitrogens is 1. The molecule has 10 heavy (non-hydrogen) atoms. The summed E-state index contributed by atoms with van der Waals surface area (Å²) in [6, 6.07) is 0. The fourth-order valence-electron chi connectivity index (χ4n) is 0.899. The lowest BCUT2D eigenvalue weighted by molar-refractivity contribution is 0.756. The minimum Gasteiger partial charge on any atom is -0.375 e. The van der Waals surface area contributed by atoms with Gasteiger partial charge in [-0.05, 0) is 12.8 Å². The lowest BCUT2D eigenvalue weighted by atomic mass is 10.3. The van der Waals surface area contributed by atoms with Crippen molar-refractivity contribution in [3.05, 3.63) is 11.1 Å². The molecule has 0 amide bonds. The predicted octanol–water partition coefficient (Wildman–Crippen LogP) is 0.673. The largest absolute Gasteiger partial charge is 0.375 e. The van der Waals surface area contributed by atoms with E-state index in [0.29, 0.717) is 5.13 Å². The van der Waals surface area contributed by atoms with Gasteiger partial charge >= 0.3 is 0 Å². The van der Waals surface area contributed by atoms with Crippen molar-refractivity contribution >= 4 is 16.5 Å². The number of thiazole rings is 1. The molecule has 1 saturated carbocycles. The average molecular weight is 155 g/mol. The van der Waals surface area contributed by atoms with Crippen molar-refractivity contribution in [1.82, 2.24) is 4.98 Å². The Bertz CT molecular complexity index is 251. The summed E-state index contributed by atoms with van der Waals surface area (Å²) in [4.78, 5) is 5.07. The van der Waals surface area contributed by atoms with E-state index in [4.69, 9.17) is 11.5 Å². The molecule has 1 aromatic rings. The quantitative estimate of drug-likeness (QED) is 0.626. The maximum atomic E-state index is 5.90. The normalized spacial score (nSPS) is 20.9. The Morgan fingerprint density at radius 3 is 2.70 bits per heavy atom. The minimum absolute atomic E-state index is 0.0602. The number of hydrogen-bond acceptors (Lipinski definition) is 4. The summed E-state index contributed by atoms with van der Waals surface area (Å²) in [5.41, 5.74) is 11.3. The topological polar surface area (TPSA) is 64.9 Å². The summed E-state index contributed by atoms with van der Waals surface area (Å²) in [7, 11) is 0. The van der Waals surface area contributed by atoms with Gasteiger partial charge in [-0.1, -0.05) is 0 Å². The van der Waals surface area contributed by atoms with Crippen LogP contribution in [0.15, 0.2) is 6.20 Å². The van der Waals surface area contributed by atoms with Crippen LogP contribution in [0.5, 0.6) is 0 Å². The molecule has 1 fully saturated rings. The van der Waals surface area contributed by atoms with Crippen molar-refractivity contribution in [1.29, 1.82) is 0 Å². The van der Waals surface area contributed by atoms with Crippen LogP contribution < -0.4 is 11.5 Å². The molecule has 4 N–H and O–H groups in total. The van der Waals surface area contributed by atoms with Crippen molar-refractivity contribution in [3.63, 3.8) is 0 Å². The van der Waals surface area contributed by atoms with Crippen molar-refractivity contribution in [2.24, 2.45) is 5.73 Å². The number of hydrogen-bond donors (Lipinski definition) is 2. The first kappa shape index (κ1) is 6.12. The maximum absolute atomic E-state index is 5.90. The summed E-state index contributed by atoms with van der Waals surface area (Å²) in [6.07, 6.45) is 3.94. The van der Waals surface area contributed by atoms with E-state index in [9.17, 15) is 0 Å². The van der Waals surface area contributed by atoms with Crippen molar-refractivity contribution in [2.75, 3.05) is 5.73 Å². The zero-order valence-corrected chi connectivity index (χ0v) is 6.32. The first-order valence-electron chi connectivity index (χ1n) is 3.21. The molecule has 0 spiro atoms. The van der Waals surface area contributed by atoms with Gasteiger partial charge in [-0.25, -0.2) is 4.98 Å². The Balaban J connectivity index is 2.34. The van der Waals surface area contributed by atoms with Crippen LogP contribution in [-0.4, -0.2) is 4.98 Å². The van der Waals surface area contributed by atoms with Crippen LogP contribution in [0, 0.1) is 0 Å². The van der Waals surface area contributed by atoms with Gasteiger partial charge in [0.15, 0.2) is 5.13 Å². The molecule has 0 bridgehead atoms. The molecule has 54 valence electrons. The highest BCUT2D eigenvalue weighted by Crippen LogP contribution is 2.45. The molecule has 1 aromatic heterocycles. The van der Waals surface area contributed by atoms with Crippen LogP contribution >= 0.6 is 11.3 Å². The van der Waals surface area contributed by atoms with E-state index in [-0.39, 0.29) is 5.54 Å². The Kier molecular flexibility index (Phi) is 1.04. The van der Waals surface area contributed by atoms with E-state index in [2.05, 4.69) is 4.98 Å². The van der Waals surface area contributed by atoms with Crippen LogP contribution in [0.2, 0.25) is 0 Å². The Morgan fingerprint density at radius 2 is 2.30 bits per heavy atom. The Morgan fingerprint density at radius 1 is 1.60 bits per heavy atom. The van der Waals surface area contributed by atoms with E-state index in [1.54, 1.807) is 6.20 Å². The van der Waals surface area contributed by atoms with Gasteiger partial charge in [-0.15, -0.1) is 11.3 Å². The Labute approximate surface area is 63.1 Å². The zero-order valence-electron chi connectivity index (χ0n) is 5.50. The second-order valence-corrected chi connectivity index (χ2v) is 3.78. The number of nitrogen functional groups attached to an aromatic ring is 1. The highest BCUT2D eigenvalue weighted by Gasteiger charge is 2.41. The lowest BCUT2D eigenvalue weighted by Crippen LogP contribution is -2.16. The zero-order chi connectivity index (χ0) is 7.19. The summed E-state index contributed by atoms with van der Waals surface area (Å²) >= 11 is 1.50. The average Bonchev–Trinajstić information content (AvgIpc) is 2.45. The molecular weight excluding hydrogens is 146 g/mol. The predicted molar refractivity (Wildman–Crippen MR) is 41.6 cm³/mol. The van der Waals surface area contributed by atoms with E-state index >= 15 is 0 Å². The van der Waals surface area contributed by atoms with Gasteiger partial charge in [-0.2, -0.15) is 0 Å². The molecule has 1 aliphatic carbocycles. The number of nitrogens with zero attached hydrogens (tertiary/aromatic N) is 1. The van der Waals surface area contributed by atoms with E-state index in [0.717, 1.165) is 17.7 Å². The third-order valence-corrected chi connectivity index (χ3v) is 2.85. The second kappa shape index (κ2) is 1.71. The van der Waals surface area contributed by atoms with Gasteiger partial charge in [0.05, 0.1) is 5.54 Å². The highest BCUT2D eigenvalue weighted by atomic mass is 32.1. The van der Waals surface area contributed by atoms with Gasteiger partial charge in [0.25, 0.3) is 0 Å². The van der Waals surface area contributed by atoms with Crippen molar-refractivity contribution in [2.45, 2.75) is 18.4 Å². The molecule has 0 aliphatic heterocycles. The van der Waals surface area contributed by atoms with Gasteiger partial charge in [0.1, 0.15) is 0 Å². The third-order valence-electron chi connectivity index (χ3n) is 1.80. The second-order valence-electron chi connectivity index (χ2n) is 2.72. The molecule has 1 aliphatic rings. The monoisotopic (exact) mass is 155 g/mol. The number of rotatable bonds is 1. The smallest absolute Gasteiger partial charge is 0.180 e. The van der Waals surface area contributed by atoms with Crippen LogP contribution in [0.1, 0.15) is 17.7 Å². The van der Waals surface area contributed by atoms with Gasteiger partial charge in [0.2, 0.25) is 0 Å². The number of nitrogens with two attached hydrogens (primary N) is 2. The van der Waals surface area contributed by atoms with Crippen LogP contribution in [0.4, 0.5) is 5.13 Å². The van der Waals surface area contributed by atoms with Crippen molar-refractivity contribution < 1.29 is 0 Å². The van der Waals surface area contributed by atoms with Gasteiger partial charge in [-0.3, -0.25) is 0 Å². The fourth-order valence-corrected chi connectivity index (χ4v) is 1.74. The molecule has 3 nitrogen and oxygen atoms in total. The lowest BCUT2D eigenvalue weighted by Gasteiger charge is -2.00. The van der Waals surface area contributed by atoms with Gasteiger partial charge in [0, 0.05) is 11.1 Å². The molecule has 0 saturated heterocycles. The standard InChI is InChI=1S/C6H9N3S/c7-5-9-3-4(10-5)6(8)1-2-6/h3H,1-2,8H2,(H2,7,9). The molecule has 1 heterocycles. The Hall–Kier alpha value is -0.610. The molecule has 0 aromatic carbocycles. The van der Waals surface area contributed by atoms with Crippen LogP contribution in [0.3, 0.4) is 0 Å². The minimum atomic E-state index is -0.0602. The van der Waals surface area contributed by atoms with E-state index in [1.807, 2.05) is 0 Å². The molecule has 0 unspecified atom stereocenters. The summed E-state index contributed by atoms with van der Waals surface area (Å²) < 4.78 is 0. The summed E-state index contributed by atoms with van der Waals surface area (Å²) in [5.74, 6) is 0. The van der Waals surface area contributed by atoms with E-state index < -0.39 is 0 Å². The fraction of sp³-hybridized carbons (Fsp3) is 0.500. The molecular formula is C6H9N3S. The van der Waals surface area contributed by atoms with Crippen LogP contribution in [-0.2, 0) is 5.54 Å². The molecule has 0 atom stereocenters. The maximum Gasteiger partial charge on any atom is 0.180 e. The summed E-state index contributed by atoms with van der Waals surface area (Å²) in [6.45, 7) is 0. The number of anilines is 1. The first-order valence-corrected chi connectivity index (χ1v) is 4.03.